The summed E-state index contributed by atoms with van der Waals surface area (Å²) >= 11 is 0. The lowest BCUT2D eigenvalue weighted by Crippen LogP contribution is -1.92. The molecule has 0 aliphatic carbocycles. The van der Waals surface area contributed by atoms with Crippen LogP contribution in [0.1, 0.15) is 0 Å². The minimum Gasteiger partial charge on any atom is -0.492 e. The molecule has 3 N–H and O–H groups in total. The van der Waals surface area contributed by atoms with E-state index in [1.165, 1.54) is 6.20 Å². The molecule has 2 aromatic rings. The van der Waals surface area contributed by atoms with Crippen LogP contribution in [0.4, 0.5) is 5.95 Å². The Labute approximate surface area is 62.1 Å². The summed E-state index contributed by atoms with van der Waals surface area (Å²) in [6.07, 6.45) is 4.71. The normalized spacial score (nSPS) is 10.5. The summed E-state index contributed by atoms with van der Waals surface area (Å²) in [5.41, 5.74) is 5.96. The number of nitrogens with two attached hydrogens (primary N) is 1. The zero-order valence-electron chi connectivity index (χ0n) is 5.60. The van der Waals surface area contributed by atoms with Crippen molar-refractivity contribution in [2.45, 2.75) is 0 Å². The van der Waals surface area contributed by atoms with Gasteiger partial charge in [-0.1, -0.05) is 0 Å². The number of rotatable bonds is 0. The Hall–Kier alpha value is -1.78. The van der Waals surface area contributed by atoms with Gasteiger partial charge in [0.2, 0.25) is 11.8 Å². The van der Waals surface area contributed by atoms with E-state index in [0.717, 1.165) is 0 Å². The second-order valence-corrected chi connectivity index (χ2v) is 2.13. The number of anilines is 1. The van der Waals surface area contributed by atoms with Crippen molar-refractivity contribution in [3.63, 3.8) is 0 Å². The molecule has 0 saturated carbocycles. The molecule has 56 valence electrons. The van der Waals surface area contributed by atoms with Crippen LogP contribution in [0.2, 0.25) is 0 Å². The van der Waals surface area contributed by atoms with Crippen LogP contribution in [0.3, 0.4) is 0 Å². The van der Waals surface area contributed by atoms with Crippen molar-refractivity contribution >= 4 is 11.5 Å². The maximum Gasteiger partial charge on any atom is 0.240 e. The van der Waals surface area contributed by atoms with E-state index in [1.54, 1.807) is 16.8 Å². The van der Waals surface area contributed by atoms with E-state index in [-0.39, 0.29) is 11.8 Å². The van der Waals surface area contributed by atoms with Crippen molar-refractivity contribution in [2.24, 2.45) is 0 Å². The summed E-state index contributed by atoms with van der Waals surface area (Å²) in [7, 11) is 0. The summed E-state index contributed by atoms with van der Waals surface area (Å²) in [5, 5.41) is 9.14. The summed E-state index contributed by atoms with van der Waals surface area (Å²) in [6.45, 7) is 0. The van der Waals surface area contributed by atoms with E-state index in [9.17, 15) is 0 Å². The van der Waals surface area contributed by atoms with E-state index in [2.05, 4.69) is 9.97 Å². The molecule has 0 aliphatic rings. The third-order valence-corrected chi connectivity index (χ3v) is 1.45. The van der Waals surface area contributed by atoms with Gasteiger partial charge in [-0.05, 0) is 0 Å². The summed E-state index contributed by atoms with van der Waals surface area (Å²) in [5.74, 6) is 0.176. The molecule has 2 aromatic heterocycles. The molecular formula is C6H6N4O. The highest BCUT2D eigenvalue weighted by Crippen LogP contribution is 2.17. The number of aromatic nitrogens is 3. The van der Waals surface area contributed by atoms with Crippen LogP contribution >= 0.6 is 0 Å². The first-order chi connectivity index (χ1) is 5.29. The van der Waals surface area contributed by atoms with E-state index >= 15 is 0 Å². The molecule has 5 nitrogen and oxygen atoms in total. The number of hydrogen-bond donors (Lipinski definition) is 2. The molecule has 5 heteroatoms. The standard InChI is InChI=1S/C6H6N4O/c7-6-9-5(11)4-3-8-1-2-10(4)6/h1-3,11H,(H2,7,9). The fourth-order valence-corrected chi connectivity index (χ4v) is 0.946. The van der Waals surface area contributed by atoms with Gasteiger partial charge in [0.05, 0.1) is 6.20 Å². The van der Waals surface area contributed by atoms with E-state index in [0.29, 0.717) is 5.52 Å². The monoisotopic (exact) mass is 150 g/mol. The van der Waals surface area contributed by atoms with Gasteiger partial charge in [0.1, 0.15) is 5.52 Å². The highest BCUT2D eigenvalue weighted by molar-refractivity contribution is 5.58. The molecule has 0 radical (unpaired) electrons. The average molecular weight is 150 g/mol. The SMILES string of the molecule is Nc1nc(O)c2cnccn12. The Bertz CT molecular complexity index is 358. The molecule has 11 heavy (non-hydrogen) atoms. The lowest BCUT2D eigenvalue weighted by molar-refractivity contribution is 0.463. The maximum absolute atomic E-state index is 9.14. The maximum atomic E-state index is 9.14. The number of nitrogens with zero attached hydrogens (tertiary/aromatic N) is 3. The predicted octanol–water partition coefficient (Wildman–Crippen LogP) is 0.0171. The van der Waals surface area contributed by atoms with Gasteiger partial charge >= 0.3 is 0 Å². The van der Waals surface area contributed by atoms with Gasteiger partial charge in [0, 0.05) is 12.4 Å². The first-order valence-corrected chi connectivity index (χ1v) is 3.05. The van der Waals surface area contributed by atoms with Crippen molar-refractivity contribution in [3.8, 4) is 5.88 Å². The minimum atomic E-state index is -0.0874. The zero-order chi connectivity index (χ0) is 7.84. The molecule has 2 heterocycles. The number of aromatic hydroxyl groups is 1. The quantitative estimate of drug-likeness (QED) is 0.555. The topological polar surface area (TPSA) is 76.4 Å². The van der Waals surface area contributed by atoms with Crippen LogP contribution in [-0.2, 0) is 0 Å². The molecule has 0 amide bonds. The predicted molar refractivity (Wildman–Crippen MR) is 39.1 cm³/mol. The van der Waals surface area contributed by atoms with Crippen molar-refractivity contribution in [1.82, 2.24) is 14.4 Å². The number of imidazole rings is 1. The Kier molecular flexibility index (Phi) is 1.00. The highest BCUT2D eigenvalue weighted by atomic mass is 16.3. The third-order valence-electron chi connectivity index (χ3n) is 1.45. The van der Waals surface area contributed by atoms with Crippen molar-refractivity contribution < 1.29 is 5.11 Å². The van der Waals surface area contributed by atoms with Crippen LogP contribution in [0.15, 0.2) is 18.6 Å². The van der Waals surface area contributed by atoms with Crippen LogP contribution in [0, 0.1) is 0 Å². The lowest BCUT2D eigenvalue weighted by Gasteiger charge is -1.91. The molecule has 0 fully saturated rings. The number of hydrogen-bond acceptors (Lipinski definition) is 4. The largest absolute Gasteiger partial charge is 0.492 e. The fourth-order valence-electron chi connectivity index (χ4n) is 0.946. The van der Waals surface area contributed by atoms with Crippen LogP contribution < -0.4 is 5.73 Å². The molecule has 0 spiro atoms. The second kappa shape index (κ2) is 1.85. The molecule has 0 saturated heterocycles. The molecule has 0 unspecified atom stereocenters. The Balaban J connectivity index is 2.95. The molecular weight excluding hydrogens is 144 g/mol. The molecule has 0 aromatic carbocycles. The third kappa shape index (κ3) is 0.706. The van der Waals surface area contributed by atoms with Gasteiger partial charge in [0.25, 0.3) is 0 Å². The number of nitrogen functional groups attached to an aromatic ring is 1. The minimum absolute atomic E-state index is 0.0874. The summed E-state index contributed by atoms with van der Waals surface area (Å²) in [6, 6.07) is 0. The Morgan fingerprint density at radius 2 is 2.36 bits per heavy atom. The van der Waals surface area contributed by atoms with Gasteiger partial charge in [0.15, 0.2) is 0 Å². The van der Waals surface area contributed by atoms with Crippen molar-refractivity contribution in [2.75, 3.05) is 5.73 Å². The van der Waals surface area contributed by atoms with Gasteiger partial charge in [-0.25, -0.2) is 0 Å². The van der Waals surface area contributed by atoms with Crippen LogP contribution in [0.25, 0.3) is 5.52 Å². The Morgan fingerprint density at radius 3 is 3.09 bits per heavy atom. The first kappa shape index (κ1) is 5.96. The molecule has 0 aliphatic heterocycles. The fraction of sp³-hybridized carbons (Fsp3) is 0. The van der Waals surface area contributed by atoms with Gasteiger partial charge in [-0.15, -0.1) is 0 Å². The molecule has 0 bridgehead atoms. The van der Waals surface area contributed by atoms with Crippen molar-refractivity contribution in [3.05, 3.63) is 18.6 Å². The van der Waals surface area contributed by atoms with Gasteiger partial charge < -0.3 is 10.8 Å². The zero-order valence-corrected chi connectivity index (χ0v) is 5.60. The van der Waals surface area contributed by atoms with Gasteiger partial charge in [-0.3, -0.25) is 9.38 Å². The smallest absolute Gasteiger partial charge is 0.240 e. The van der Waals surface area contributed by atoms with E-state index in [1.807, 2.05) is 0 Å². The lowest BCUT2D eigenvalue weighted by atomic mass is 10.5. The summed E-state index contributed by atoms with van der Waals surface area (Å²) in [4.78, 5) is 7.46. The van der Waals surface area contributed by atoms with Gasteiger partial charge in [-0.2, -0.15) is 4.98 Å². The number of fused-ring (bicyclic) bond motifs is 1. The van der Waals surface area contributed by atoms with Crippen LogP contribution in [-0.4, -0.2) is 19.5 Å². The summed E-state index contributed by atoms with van der Waals surface area (Å²) < 4.78 is 1.56. The first-order valence-electron chi connectivity index (χ1n) is 3.05. The Morgan fingerprint density at radius 1 is 1.55 bits per heavy atom. The van der Waals surface area contributed by atoms with E-state index < -0.39 is 0 Å². The molecule has 2 rings (SSSR count). The average Bonchev–Trinajstić information content (AvgIpc) is 2.30. The highest BCUT2D eigenvalue weighted by Gasteiger charge is 2.04. The van der Waals surface area contributed by atoms with Crippen molar-refractivity contribution in [1.29, 1.82) is 0 Å². The second-order valence-electron chi connectivity index (χ2n) is 2.13. The van der Waals surface area contributed by atoms with E-state index in [4.69, 9.17) is 10.8 Å². The molecule has 0 atom stereocenters. The van der Waals surface area contributed by atoms with Crippen LogP contribution in [0.5, 0.6) is 5.88 Å².